The molecule has 5 aliphatic carbocycles. The Morgan fingerprint density at radius 1 is 1.04 bits per heavy atom. The number of piperidine rings is 1. The Balaban J connectivity index is 1.40. The van der Waals surface area contributed by atoms with Crippen LogP contribution in [-0.2, 0) is 33.2 Å². The zero-order chi connectivity index (χ0) is 31.9. The van der Waals surface area contributed by atoms with Crippen LogP contribution in [0.4, 0.5) is 0 Å². The van der Waals surface area contributed by atoms with Crippen LogP contribution in [0.5, 0.6) is 0 Å². The van der Waals surface area contributed by atoms with Crippen LogP contribution in [0, 0.1) is 34.5 Å². The first-order valence-electron chi connectivity index (χ1n) is 16.2. The molecule has 7 fully saturated rings. The molecule has 2 aliphatic heterocycles. The maximum absolute atomic E-state index is 13.8. The van der Waals surface area contributed by atoms with Gasteiger partial charge in [0.25, 0.3) is 0 Å². The lowest BCUT2D eigenvalue weighted by molar-refractivity contribution is -0.303. The van der Waals surface area contributed by atoms with Gasteiger partial charge in [-0.3, -0.25) is 0 Å². The number of hydrogen-bond donors (Lipinski definition) is 2. The molecule has 2 heterocycles. The number of nitrogens with zero attached hydrogens (tertiary/aromatic N) is 1. The van der Waals surface area contributed by atoms with Crippen LogP contribution in [0.3, 0.4) is 0 Å². The number of rotatable bonds is 7. The zero-order valence-electron chi connectivity index (χ0n) is 27.2. The number of esters is 1. The van der Waals surface area contributed by atoms with Gasteiger partial charge in [0.15, 0.2) is 5.79 Å². The molecule has 7 bridgehead atoms. The van der Waals surface area contributed by atoms with Gasteiger partial charge in [-0.25, -0.2) is 4.79 Å². The fraction of sp³-hybridized carbons (Fsp3) is 0.794. The summed E-state index contributed by atoms with van der Waals surface area (Å²) < 4.78 is 45.6. The topological polar surface area (TPSA) is 125 Å². The van der Waals surface area contributed by atoms with E-state index in [4.69, 9.17) is 33.2 Å². The number of aliphatic hydroxyl groups is 2. The fourth-order valence-corrected chi connectivity index (χ4v) is 12.8. The van der Waals surface area contributed by atoms with Crippen LogP contribution in [-0.4, -0.2) is 129 Å². The molecule has 15 atom stereocenters. The zero-order valence-corrected chi connectivity index (χ0v) is 27.2. The first kappa shape index (κ1) is 30.7. The Hall–Kier alpha value is -1.67. The summed E-state index contributed by atoms with van der Waals surface area (Å²) in [5.74, 6) is -2.71. The van der Waals surface area contributed by atoms with Crippen molar-refractivity contribution in [3.05, 3.63) is 35.9 Å². The lowest BCUT2D eigenvalue weighted by Gasteiger charge is -2.69. The van der Waals surface area contributed by atoms with Gasteiger partial charge in [0.1, 0.15) is 29.5 Å². The van der Waals surface area contributed by atoms with E-state index in [0.717, 1.165) is 0 Å². The number of benzene rings is 1. The number of carbonyl (C=O) groups is 1. The standard InChI is InChI=1S/C34H47NO10/c1-30(2)44-28-27(42-7)32(38)14-18-21(26(32)43-29(37)17-11-9-8-10-12-17)34(28,45-30)22-23(41-6)24-31(16-39-4)15-35(3)25(22)33(18,24)20(40-5)13-19(31)36/h8-12,18-28,36,38H,13-16H2,1-7H3/t18-,19-,20+,21-,22+,23+,24-,25-,26-,27+,28+,31+,32-,33+,34-/m1/s1. The smallest absolute Gasteiger partial charge is 0.338 e. The predicted molar refractivity (Wildman–Crippen MR) is 158 cm³/mol. The van der Waals surface area contributed by atoms with Crippen molar-refractivity contribution in [1.82, 2.24) is 4.90 Å². The summed E-state index contributed by atoms with van der Waals surface area (Å²) >= 11 is 0. The second-order valence-corrected chi connectivity index (χ2v) is 15.3. The minimum atomic E-state index is -1.57. The Kier molecular flexibility index (Phi) is 6.61. The number of fused-ring (bicyclic) bond motifs is 1. The highest BCUT2D eigenvalue weighted by atomic mass is 16.8. The number of aliphatic hydroxyl groups excluding tert-OH is 1. The minimum Gasteiger partial charge on any atom is -0.455 e. The maximum atomic E-state index is 13.8. The van der Waals surface area contributed by atoms with E-state index in [-0.39, 0.29) is 42.4 Å². The molecule has 0 radical (unpaired) electrons. The summed E-state index contributed by atoms with van der Waals surface area (Å²) in [6, 6.07) is 8.78. The molecule has 0 aromatic heterocycles. The van der Waals surface area contributed by atoms with Gasteiger partial charge in [0.2, 0.25) is 0 Å². The lowest BCUT2D eigenvalue weighted by atomic mass is 9.42. The van der Waals surface area contributed by atoms with E-state index in [9.17, 15) is 15.0 Å². The molecular formula is C34H47NO10. The Morgan fingerprint density at radius 2 is 1.78 bits per heavy atom. The third kappa shape index (κ3) is 3.35. The van der Waals surface area contributed by atoms with Gasteiger partial charge in [-0.05, 0) is 45.4 Å². The molecule has 11 heteroatoms. The van der Waals surface area contributed by atoms with E-state index in [0.29, 0.717) is 25.1 Å². The highest BCUT2D eigenvalue weighted by Gasteiger charge is 2.93. The predicted octanol–water partition coefficient (Wildman–Crippen LogP) is 1.49. The number of hydrogen-bond acceptors (Lipinski definition) is 11. The highest BCUT2D eigenvalue weighted by Crippen LogP contribution is 2.81. The molecule has 8 rings (SSSR count). The summed E-state index contributed by atoms with van der Waals surface area (Å²) in [5.41, 5.74) is -3.47. The van der Waals surface area contributed by atoms with Gasteiger partial charge in [-0.2, -0.15) is 0 Å². The fourth-order valence-electron chi connectivity index (χ4n) is 12.8. The first-order chi connectivity index (χ1) is 21.4. The van der Waals surface area contributed by atoms with Crippen LogP contribution in [0.25, 0.3) is 0 Å². The SMILES string of the molecule is COC[C@]12CN(C)[C@@H]3[C@@H]4[C@H](OC)[C@H]1[C@@]3([C@@H](OC)C[C@H]2O)[C@@H]1C[C@@]2(O)[C@H](OC(=O)c3ccccc3)[C@@H]1[C@@]41OC(C)(C)O[C@H]1[C@@H]2OC. The molecule has 248 valence electrons. The molecular weight excluding hydrogens is 582 g/mol. The third-order valence-electron chi connectivity index (χ3n) is 13.4. The van der Waals surface area contributed by atoms with Gasteiger partial charge >= 0.3 is 5.97 Å². The average Bonchev–Trinajstić information content (AvgIpc) is 3.53. The van der Waals surface area contributed by atoms with E-state index < -0.39 is 64.1 Å². The van der Waals surface area contributed by atoms with Crippen molar-refractivity contribution >= 4 is 5.97 Å². The molecule has 0 unspecified atom stereocenters. The summed E-state index contributed by atoms with van der Waals surface area (Å²) in [7, 11) is 8.83. The van der Waals surface area contributed by atoms with Gasteiger partial charge < -0.3 is 48.3 Å². The van der Waals surface area contributed by atoms with Crippen molar-refractivity contribution < 1.29 is 48.2 Å². The van der Waals surface area contributed by atoms with Crippen molar-refractivity contribution in [1.29, 1.82) is 0 Å². The maximum Gasteiger partial charge on any atom is 0.338 e. The van der Waals surface area contributed by atoms with E-state index in [1.807, 2.05) is 19.9 Å². The molecule has 7 aliphatic rings. The number of likely N-dealkylation sites (tertiary alicyclic amines) is 1. The van der Waals surface area contributed by atoms with Crippen molar-refractivity contribution in [2.75, 3.05) is 48.6 Å². The monoisotopic (exact) mass is 629 g/mol. The van der Waals surface area contributed by atoms with Crippen LogP contribution in [0.1, 0.15) is 37.0 Å². The van der Waals surface area contributed by atoms with Gasteiger partial charge in [0, 0.05) is 76.0 Å². The molecule has 2 spiro atoms. The molecule has 11 nitrogen and oxygen atoms in total. The third-order valence-corrected chi connectivity index (χ3v) is 13.4. The Bertz CT molecular complexity index is 1360. The van der Waals surface area contributed by atoms with Crippen molar-refractivity contribution in [2.24, 2.45) is 34.5 Å². The largest absolute Gasteiger partial charge is 0.455 e. The number of methoxy groups -OCH3 is 4. The summed E-state index contributed by atoms with van der Waals surface area (Å²) in [5, 5.41) is 25.0. The van der Waals surface area contributed by atoms with Crippen molar-refractivity contribution in [3.63, 3.8) is 0 Å². The second-order valence-electron chi connectivity index (χ2n) is 15.3. The van der Waals surface area contributed by atoms with Crippen LogP contribution in [0.15, 0.2) is 30.3 Å². The molecule has 45 heavy (non-hydrogen) atoms. The molecule has 1 aromatic rings. The van der Waals surface area contributed by atoms with E-state index >= 15 is 0 Å². The quantitative estimate of drug-likeness (QED) is 0.426. The van der Waals surface area contributed by atoms with Crippen molar-refractivity contribution in [3.8, 4) is 0 Å². The molecule has 2 N–H and O–H groups in total. The van der Waals surface area contributed by atoms with Gasteiger partial charge in [0.05, 0.1) is 30.5 Å². The van der Waals surface area contributed by atoms with E-state index in [2.05, 4.69) is 11.9 Å². The summed E-state index contributed by atoms with van der Waals surface area (Å²) in [6.45, 7) is 4.75. The first-order valence-corrected chi connectivity index (χ1v) is 16.2. The molecule has 0 amide bonds. The van der Waals surface area contributed by atoms with E-state index in [1.54, 1.807) is 52.7 Å². The number of ether oxygens (including phenoxy) is 7. The molecule has 1 aromatic carbocycles. The van der Waals surface area contributed by atoms with Crippen molar-refractivity contribution in [2.45, 2.75) is 86.3 Å². The average molecular weight is 630 g/mol. The van der Waals surface area contributed by atoms with Crippen LogP contribution < -0.4 is 0 Å². The lowest BCUT2D eigenvalue weighted by Crippen LogP contribution is -2.80. The minimum absolute atomic E-state index is 0.0976. The van der Waals surface area contributed by atoms with Crippen LogP contribution in [0.2, 0.25) is 0 Å². The number of carbonyl (C=O) groups excluding carboxylic acids is 1. The normalized spacial score (nSPS) is 53.3. The summed E-state index contributed by atoms with van der Waals surface area (Å²) in [6.07, 6.45) is -3.18. The van der Waals surface area contributed by atoms with E-state index in [1.165, 1.54) is 0 Å². The van der Waals surface area contributed by atoms with Crippen LogP contribution >= 0.6 is 0 Å². The Morgan fingerprint density at radius 3 is 2.42 bits per heavy atom. The summed E-state index contributed by atoms with van der Waals surface area (Å²) in [4.78, 5) is 16.2. The van der Waals surface area contributed by atoms with Gasteiger partial charge in [-0.1, -0.05) is 18.2 Å². The molecule has 5 saturated carbocycles. The second kappa shape index (κ2) is 9.70. The molecule has 2 saturated heterocycles. The Labute approximate surface area is 264 Å². The van der Waals surface area contributed by atoms with Gasteiger partial charge in [-0.15, -0.1) is 0 Å². The highest BCUT2D eigenvalue weighted by molar-refractivity contribution is 5.89.